The predicted molar refractivity (Wildman–Crippen MR) is 59.1 cm³/mol. The minimum absolute atomic E-state index is 0.0149. The highest BCUT2D eigenvalue weighted by molar-refractivity contribution is 7.82. The average Bonchev–Trinajstić information content (AvgIpc) is 1.98. The second-order valence-electron chi connectivity index (χ2n) is 2.89. The maximum atomic E-state index is 11.2. The van der Waals surface area contributed by atoms with E-state index in [2.05, 4.69) is 30.6 Å². The molecule has 1 amide bonds. The molecule has 0 aromatic heterocycles. The normalized spacial score (nSPS) is 15.3. The van der Waals surface area contributed by atoms with E-state index in [1.807, 2.05) is 13.8 Å². The Hall–Kier alpha value is 0.170. The van der Waals surface area contributed by atoms with Crippen molar-refractivity contribution >= 4 is 31.2 Å². The molecule has 1 N–H and O–H groups in total. The Kier molecular flexibility index (Phi) is 6.76. The Balaban J connectivity index is 3.61. The average molecular weight is 207 g/mol. The number of thiol groups is 2. The van der Waals surface area contributed by atoms with Gasteiger partial charge in [0.05, 0.1) is 5.25 Å². The van der Waals surface area contributed by atoms with E-state index in [1.54, 1.807) is 0 Å². The molecule has 0 rings (SSSR count). The summed E-state index contributed by atoms with van der Waals surface area (Å²) in [6.07, 6.45) is 1.67. The van der Waals surface area contributed by atoms with Crippen LogP contribution < -0.4 is 5.32 Å². The van der Waals surface area contributed by atoms with E-state index < -0.39 is 0 Å². The highest BCUT2D eigenvalue weighted by Crippen LogP contribution is 2.09. The molecular formula is C8H17NOS2. The molecule has 72 valence electrons. The Morgan fingerprint density at radius 1 is 1.50 bits per heavy atom. The standard InChI is InChI=1S/C8H17NOS2/c1-3-4-9-8(10)7(12)5-6(2)11/h6-7,11-12H,3-5H2,1-2H3,(H,9,10). The summed E-state index contributed by atoms with van der Waals surface area (Å²) < 4.78 is 0. The third-order valence-electron chi connectivity index (χ3n) is 1.42. The molecule has 0 radical (unpaired) electrons. The van der Waals surface area contributed by atoms with Crippen molar-refractivity contribution in [2.45, 2.75) is 37.2 Å². The van der Waals surface area contributed by atoms with Crippen molar-refractivity contribution < 1.29 is 4.79 Å². The summed E-state index contributed by atoms with van der Waals surface area (Å²) >= 11 is 8.37. The number of carbonyl (C=O) groups is 1. The van der Waals surface area contributed by atoms with Crippen molar-refractivity contribution in [3.05, 3.63) is 0 Å². The fourth-order valence-electron chi connectivity index (χ4n) is 0.796. The van der Waals surface area contributed by atoms with Gasteiger partial charge in [-0.05, 0) is 12.8 Å². The van der Waals surface area contributed by atoms with Crippen LogP contribution in [0.3, 0.4) is 0 Å². The van der Waals surface area contributed by atoms with Crippen molar-refractivity contribution in [1.82, 2.24) is 5.32 Å². The summed E-state index contributed by atoms with van der Waals surface area (Å²) in [5, 5.41) is 2.79. The Labute approximate surface area is 85.3 Å². The zero-order valence-corrected chi connectivity index (χ0v) is 9.37. The number of carbonyl (C=O) groups excluding carboxylic acids is 1. The number of hydrogen-bond donors (Lipinski definition) is 3. The third kappa shape index (κ3) is 5.77. The first-order valence-corrected chi connectivity index (χ1v) is 5.25. The van der Waals surface area contributed by atoms with Gasteiger partial charge in [-0.15, -0.1) is 0 Å². The lowest BCUT2D eigenvalue weighted by molar-refractivity contribution is -0.120. The minimum Gasteiger partial charge on any atom is -0.355 e. The highest BCUT2D eigenvalue weighted by atomic mass is 32.1. The smallest absolute Gasteiger partial charge is 0.232 e. The molecule has 0 saturated carbocycles. The van der Waals surface area contributed by atoms with Crippen LogP contribution in [0.5, 0.6) is 0 Å². The van der Waals surface area contributed by atoms with Gasteiger partial charge in [0.1, 0.15) is 0 Å². The Bertz CT molecular complexity index is 139. The van der Waals surface area contributed by atoms with Crippen LogP contribution in [0.4, 0.5) is 0 Å². The second kappa shape index (κ2) is 6.66. The topological polar surface area (TPSA) is 29.1 Å². The van der Waals surface area contributed by atoms with Crippen LogP contribution in [0, 0.1) is 0 Å². The Morgan fingerprint density at radius 3 is 2.50 bits per heavy atom. The minimum atomic E-state index is -0.218. The van der Waals surface area contributed by atoms with Gasteiger partial charge < -0.3 is 5.32 Å². The second-order valence-corrected chi connectivity index (χ2v) is 4.40. The lowest BCUT2D eigenvalue weighted by atomic mass is 10.2. The number of nitrogens with one attached hydrogen (secondary N) is 1. The van der Waals surface area contributed by atoms with Crippen molar-refractivity contribution in [1.29, 1.82) is 0 Å². The van der Waals surface area contributed by atoms with Crippen molar-refractivity contribution in [2.24, 2.45) is 0 Å². The van der Waals surface area contributed by atoms with E-state index in [4.69, 9.17) is 0 Å². The summed E-state index contributed by atoms with van der Waals surface area (Å²) in [4.78, 5) is 11.2. The maximum absolute atomic E-state index is 11.2. The molecule has 12 heavy (non-hydrogen) atoms. The van der Waals surface area contributed by atoms with Gasteiger partial charge in [-0.3, -0.25) is 4.79 Å². The van der Waals surface area contributed by atoms with Gasteiger partial charge in [-0.25, -0.2) is 0 Å². The molecule has 2 unspecified atom stereocenters. The van der Waals surface area contributed by atoms with E-state index in [-0.39, 0.29) is 16.4 Å². The lowest BCUT2D eigenvalue weighted by Crippen LogP contribution is -2.33. The molecule has 0 saturated heterocycles. The van der Waals surface area contributed by atoms with Gasteiger partial charge in [0.2, 0.25) is 5.91 Å². The molecule has 0 heterocycles. The SMILES string of the molecule is CCCNC(=O)C(S)CC(C)S. The molecule has 0 aromatic carbocycles. The van der Waals surface area contributed by atoms with Crippen molar-refractivity contribution in [3.63, 3.8) is 0 Å². The lowest BCUT2D eigenvalue weighted by Gasteiger charge is -2.12. The molecular weight excluding hydrogens is 190 g/mol. The largest absolute Gasteiger partial charge is 0.355 e. The molecule has 0 spiro atoms. The fraction of sp³-hybridized carbons (Fsp3) is 0.875. The van der Waals surface area contributed by atoms with Gasteiger partial charge in [0.15, 0.2) is 0 Å². The maximum Gasteiger partial charge on any atom is 0.232 e. The first-order valence-electron chi connectivity index (χ1n) is 4.21. The molecule has 0 aliphatic rings. The van der Waals surface area contributed by atoms with Crippen LogP contribution in [0.25, 0.3) is 0 Å². The van der Waals surface area contributed by atoms with E-state index in [1.165, 1.54) is 0 Å². The molecule has 0 bridgehead atoms. The van der Waals surface area contributed by atoms with E-state index >= 15 is 0 Å². The molecule has 0 aromatic rings. The van der Waals surface area contributed by atoms with Gasteiger partial charge in [-0.1, -0.05) is 13.8 Å². The monoisotopic (exact) mass is 207 g/mol. The quantitative estimate of drug-likeness (QED) is 0.586. The Morgan fingerprint density at radius 2 is 2.08 bits per heavy atom. The highest BCUT2D eigenvalue weighted by Gasteiger charge is 2.14. The molecule has 4 heteroatoms. The van der Waals surface area contributed by atoms with Crippen LogP contribution in [0.2, 0.25) is 0 Å². The van der Waals surface area contributed by atoms with Gasteiger partial charge in [0.25, 0.3) is 0 Å². The van der Waals surface area contributed by atoms with Gasteiger partial charge in [-0.2, -0.15) is 25.3 Å². The fourth-order valence-corrected chi connectivity index (χ4v) is 1.58. The number of amides is 1. The van der Waals surface area contributed by atoms with Crippen molar-refractivity contribution in [3.8, 4) is 0 Å². The predicted octanol–water partition coefficient (Wildman–Crippen LogP) is 1.52. The number of rotatable bonds is 5. The summed E-state index contributed by atoms with van der Waals surface area (Å²) in [5.41, 5.74) is 0. The zero-order valence-electron chi connectivity index (χ0n) is 7.58. The molecule has 2 atom stereocenters. The summed E-state index contributed by atoms with van der Waals surface area (Å²) in [5.74, 6) is 0.0149. The molecule has 0 aliphatic carbocycles. The van der Waals surface area contributed by atoms with E-state index in [0.717, 1.165) is 13.0 Å². The van der Waals surface area contributed by atoms with E-state index in [0.29, 0.717) is 6.42 Å². The molecule has 0 fully saturated rings. The summed E-state index contributed by atoms with van der Waals surface area (Å²) in [6.45, 7) is 4.71. The van der Waals surface area contributed by atoms with Crippen molar-refractivity contribution in [2.75, 3.05) is 6.54 Å². The first kappa shape index (κ1) is 12.2. The summed E-state index contributed by atoms with van der Waals surface area (Å²) in [6, 6.07) is 0. The molecule has 2 nitrogen and oxygen atoms in total. The van der Waals surface area contributed by atoms with Crippen LogP contribution in [0.15, 0.2) is 0 Å². The van der Waals surface area contributed by atoms with Crippen LogP contribution >= 0.6 is 25.3 Å². The van der Waals surface area contributed by atoms with Crippen LogP contribution in [-0.4, -0.2) is 23.0 Å². The third-order valence-corrected chi connectivity index (χ3v) is 2.07. The first-order chi connectivity index (χ1) is 5.57. The van der Waals surface area contributed by atoms with Gasteiger partial charge in [0, 0.05) is 11.8 Å². The molecule has 0 aliphatic heterocycles. The van der Waals surface area contributed by atoms with E-state index in [9.17, 15) is 4.79 Å². The summed E-state index contributed by atoms with van der Waals surface area (Å²) in [7, 11) is 0. The van der Waals surface area contributed by atoms with Crippen LogP contribution in [0.1, 0.15) is 26.7 Å². The van der Waals surface area contributed by atoms with Crippen LogP contribution in [-0.2, 0) is 4.79 Å². The van der Waals surface area contributed by atoms with Gasteiger partial charge >= 0.3 is 0 Å². The number of hydrogen-bond acceptors (Lipinski definition) is 3. The zero-order chi connectivity index (χ0) is 9.56.